The summed E-state index contributed by atoms with van der Waals surface area (Å²) in [6, 6.07) is 10.5. The van der Waals surface area contributed by atoms with Crippen LogP contribution < -0.4 is 11.1 Å². The zero-order valence-electron chi connectivity index (χ0n) is 9.98. The smallest absolute Gasteiger partial charge is 0.257 e. The summed E-state index contributed by atoms with van der Waals surface area (Å²) in [6.45, 7) is 0. The summed E-state index contributed by atoms with van der Waals surface area (Å²) in [5.74, 6) is 1.58. The van der Waals surface area contributed by atoms with Crippen LogP contribution in [0.25, 0.3) is 0 Å². The summed E-state index contributed by atoms with van der Waals surface area (Å²) < 4.78 is 12.9. The minimum Gasteiger partial charge on any atom is -0.398 e. The molecule has 4 heteroatoms. The van der Waals surface area contributed by atoms with Crippen LogP contribution in [0.5, 0.6) is 0 Å². The van der Waals surface area contributed by atoms with Gasteiger partial charge in [-0.25, -0.2) is 4.39 Å². The Kier molecular flexibility index (Phi) is 3.48. The van der Waals surface area contributed by atoms with Gasteiger partial charge in [0.2, 0.25) is 0 Å². The van der Waals surface area contributed by atoms with Gasteiger partial charge < -0.3 is 11.1 Å². The number of carbonyl (C=O) groups excluding carboxylic acids is 1. The molecule has 0 saturated carbocycles. The molecule has 0 aliphatic heterocycles. The summed E-state index contributed by atoms with van der Waals surface area (Å²) in [5, 5.41) is 2.66. The van der Waals surface area contributed by atoms with Gasteiger partial charge in [-0.15, -0.1) is 6.42 Å². The number of amides is 1. The maximum absolute atomic E-state index is 12.9. The van der Waals surface area contributed by atoms with Crippen LogP contribution in [0, 0.1) is 18.2 Å². The zero-order chi connectivity index (χ0) is 13.8. The topological polar surface area (TPSA) is 55.1 Å². The van der Waals surface area contributed by atoms with Crippen LogP contribution in [0.1, 0.15) is 15.9 Å². The Morgan fingerprint density at radius 2 is 2.05 bits per heavy atom. The van der Waals surface area contributed by atoms with Gasteiger partial charge in [-0.2, -0.15) is 0 Å². The van der Waals surface area contributed by atoms with E-state index in [1.165, 1.54) is 12.1 Å². The molecule has 3 N–H and O–H groups in total. The summed E-state index contributed by atoms with van der Waals surface area (Å²) in [5.41, 5.74) is 7.12. The van der Waals surface area contributed by atoms with Crippen molar-refractivity contribution >= 4 is 17.3 Å². The molecular formula is C15H11FN2O. The first-order chi connectivity index (χ1) is 9.10. The fraction of sp³-hybridized carbons (Fsp3) is 0. The van der Waals surface area contributed by atoms with E-state index in [0.717, 1.165) is 6.07 Å². The van der Waals surface area contributed by atoms with E-state index in [4.69, 9.17) is 12.2 Å². The number of hydrogen-bond donors (Lipinski definition) is 2. The maximum atomic E-state index is 12.9. The van der Waals surface area contributed by atoms with Gasteiger partial charge in [0.1, 0.15) is 5.82 Å². The highest BCUT2D eigenvalue weighted by atomic mass is 19.1. The number of rotatable bonds is 2. The van der Waals surface area contributed by atoms with E-state index in [0.29, 0.717) is 11.3 Å². The first-order valence-electron chi connectivity index (χ1n) is 5.53. The van der Waals surface area contributed by atoms with Crippen LogP contribution in [0.3, 0.4) is 0 Å². The van der Waals surface area contributed by atoms with Gasteiger partial charge in [0.15, 0.2) is 0 Å². The summed E-state index contributed by atoms with van der Waals surface area (Å²) in [4.78, 5) is 12.0. The highest BCUT2D eigenvalue weighted by Gasteiger charge is 2.10. The number of halogens is 1. The Hall–Kier alpha value is -2.80. The highest BCUT2D eigenvalue weighted by molar-refractivity contribution is 6.07. The second-order valence-corrected chi connectivity index (χ2v) is 3.91. The standard InChI is InChI=1S/C15H11FN2O/c1-2-10-4-3-5-12(8-10)18-15(19)13-7-6-11(16)9-14(13)17/h1,3-9H,17H2,(H,18,19). The number of nitrogens with one attached hydrogen (secondary N) is 1. The fourth-order valence-corrected chi connectivity index (χ4v) is 1.63. The van der Waals surface area contributed by atoms with Gasteiger partial charge in [0, 0.05) is 16.9 Å². The molecule has 0 heterocycles. The van der Waals surface area contributed by atoms with Crippen LogP contribution in [0.15, 0.2) is 42.5 Å². The molecule has 0 aliphatic rings. The molecule has 0 spiro atoms. The first kappa shape index (κ1) is 12.7. The van der Waals surface area contributed by atoms with Gasteiger partial charge in [-0.05, 0) is 36.4 Å². The quantitative estimate of drug-likeness (QED) is 0.639. The Balaban J connectivity index is 2.23. The molecule has 0 atom stereocenters. The second kappa shape index (κ2) is 5.23. The van der Waals surface area contributed by atoms with E-state index in [2.05, 4.69) is 11.2 Å². The molecule has 1 amide bonds. The van der Waals surface area contributed by atoms with Crippen LogP contribution in [-0.2, 0) is 0 Å². The third-order valence-electron chi connectivity index (χ3n) is 2.55. The largest absolute Gasteiger partial charge is 0.398 e. The number of hydrogen-bond acceptors (Lipinski definition) is 2. The third-order valence-corrected chi connectivity index (χ3v) is 2.55. The van der Waals surface area contributed by atoms with Crippen molar-refractivity contribution in [3.8, 4) is 12.3 Å². The van der Waals surface area contributed by atoms with Crippen molar-refractivity contribution < 1.29 is 9.18 Å². The summed E-state index contributed by atoms with van der Waals surface area (Å²) in [7, 11) is 0. The summed E-state index contributed by atoms with van der Waals surface area (Å²) in [6.07, 6.45) is 5.28. The van der Waals surface area contributed by atoms with Gasteiger partial charge >= 0.3 is 0 Å². The van der Waals surface area contributed by atoms with Gasteiger partial charge in [0.05, 0.1) is 5.56 Å². The molecule has 0 unspecified atom stereocenters. The lowest BCUT2D eigenvalue weighted by Gasteiger charge is -2.08. The molecule has 0 bridgehead atoms. The molecule has 2 aromatic rings. The van der Waals surface area contributed by atoms with Gasteiger partial charge in [0.25, 0.3) is 5.91 Å². The van der Waals surface area contributed by atoms with Gasteiger partial charge in [-0.3, -0.25) is 4.79 Å². The zero-order valence-corrected chi connectivity index (χ0v) is 9.98. The van der Waals surface area contributed by atoms with Crippen molar-refractivity contribution in [1.82, 2.24) is 0 Å². The molecule has 94 valence electrons. The molecule has 0 radical (unpaired) electrons. The van der Waals surface area contributed by atoms with Crippen LogP contribution in [-0.4, -0.2) is 5.91 Å². The Bertz CT molecular complexity index is 674. The molecule has 0 saturated heterocycles. The van der Waals surface area contributed by atoms with Crippen molar-refractivity contribution in [2.24, 2.45) is 0 Å². The van der Waals surface area contributed by atoms with E-state index in [1.807, 2.05) is 0 Å². The van der Waals surface area contributed by atoms with E-state index in [1.54, 1.807) is 24.3 Å². The summed E-state index contributed by atoms with van der Waals surface area (Å²) >= 11 is 0. The number of anilines is 2. The second-order valence-electron chi connectivity index (χ2n) is 3.91. The Labute approximate surface area is 110 Å². The lowest BCUT2D eigenvalue weighted by Crippen LogP contribution is -2.14. The van der Waals surface area contributed by atoms with Crippen LogP contribution in [0.4, 0.5) is 15.8 Å². The normalized spacial score (nSPS) is 9.68. The Morgan fingerprint density at radius 3 is 2.74 bits per heavy atom. The fourth-order valence-electron chi connectivity index (χ4n) is 1.63. The Morgan fingerprint density at radius 1 is 1.26 bits per heavy atom. The lowest BCUT2D eigenvalue weighted by molar-refractivity contribution is 0.102. The number of nitrogen functional groups attached to an aromatic ring is 1. The minimum atomic E-state index is -0.483. The monoisotopic (exact) mass is 254 g/mol. The minimum absolute atomic E-state index is 0.0885. The molecule has 19 heavy (non-hydrogen) atoms. The predicted octanol–water partition coefficient (Wildman–Crippen LogP) is 2.64. The maximum Gasteiger partial charge on any atom is 0.257 e. The predicted molar refractivity (Wildman–Crippen MR) is 73.1 cm³/mol. The third kappa shape index (κ3) is 2.90. The average molecular weight is 254 g/mol. The van der Waals surface area contributed by atoms with E-state index >= 15 is 0 Å². The average Bonchev–Trinajstić information content (AvgIpc) is 2.38. The molecule has 3 nitrogen and oxygen atoms in total. The first-order valence-corrected chi connectivity index (χ1v) is 5.53. The van der Waals surface area contributed by atoms with Crippen molar-refractivity contribution in [1.29, 1.82) is 0 Å². The number of nitrogens with two attached hydrogens (primary N) is 1. The van der Waals surface area contributed by atoms with Crippen molar-refractivity contribution in [2.45, 2.75) is 0 Å². The lowest BCUT2D eigenvalue weighted by atomic mass is 10.1. The molecule has 0 fully saturated rings. The molecule has 2 rings (SSSR count). The molecule has 2 aromatic carbocycles. The van der Waals surface area contributed by atoms with E-state index in [9.17, 15) is 9.18 Å². The SMILES string of the molecule is C#Cc1cccc(NC(=O)c2ccc(F)cc2N)c1. The molecule has 0 aliphatic carbocycles. The molecule has 0 aromatic heterocycles. The van der Waals surface area contributed by atoms with Crippen molar-refractivity contribution in [3.63, 3.8) is 0 Å². The van der Waals surface area contributed by atoms with Gasteiger partial charge in [-0.1, -0.05) is 12.0 Å². The van der Waals surface area contributed by atoms with Crippen molar-refractivity contribution in [3.05, 3.63) is 59.4 Å². The number of carbonyl (C=O) groups is 1. The van der Waals surface area contributed by atoms with Crippen LogP contribution in [0.2, 0.25) is 0 Å². The molecular weight excluding hydrogens is 243 g/mol. The number of benzene rings is 2. The van der Waals surface area contributed by atoms with Crippen molar-refractivity contribution in [2.75, 3.05) is 11.1 Å². The van der Waals surface area contributed by atoms with Crippen LogP contribution >= 0.6 is 0 Å². The van der Waals surface area contributed by atoms with E-state index < -0.39 is 11.7 Å². The number of terminal acetylenes is 1. The van der Waals surface area contributed by atoms with E-state index in [-0.39, 0.29) is 11.3 Å². The highest BCUT2D eigenvalue weighted by Crippen LogP contribution is 2.16.